The zero-order valence-corrected chi connectivity index (χ0v) is 33.9. The minimum absolute atomic E-state index is 0.104. The predicted molar refractivity (Wildman–Crippen MR) is 217 cm³/mol. The standard InChI is InChI=1S/C20H24N2S2.C20H26O3.C4H4O4/c1-21-9-11-22(12-10-21)18-13-15-5-3-4-6-19(15)24-20-8-7-16(23-2)14-17(18)20;1-12(21)23-19-8-7-18-17-5-3-13-11-14(22)4-6-15(13)16(17)9-10-20(18,19)2;5-3(6)1-2-4(7)8/h3-8,14,18H,9-13H2,1-2H3;4,6,11,16-19,22H,3,5,7-10H2,1-2H3;1-2H,(H,5,6)(H,7,8). The normalized spacial score (nSPS) is 26.9. The Labute approximate surface area is 333 Å². The van der Waals surface area contributed by atoms with Crippen molar-refractivity contribution < 1.29 is 34.4 Å². The first kappa shape index (κ1) is 40.9. The molecule has 5 aliphatic rings. The molecular formula is C44H54N2O7S2. The summed E-state index contributed by atoms with van der Waals surface area (Å²) in [5, 5.41) is 25.4. The number of carbonyl (C=O) groups excluding carboxylic acids is 1. The molecule has 0 radical (unpaired) electrons. The van der Waals surface area contributed by atoms with Gasteiger partial charge in [-0.2, -0.15) is 0 Å². The number of thioether (sulfide) groups is 1. The second-order valence-electron chi connectivity index (χ2n) is 15.7. The van der Waals surface area contributed by atoms with Gasteiger partial charge < -0.3 is 25.0 Å². The summed E-state index contributed by atoms with van der Waals surface area (Å²) < 4.78 is 5.68. The number of aryl methyl sites for hydroxylation is 1. The lowest BCUT2D eigenvalue weighted by molar-refractivity contribution is -0.154. The highest BCUT2D eigenvalue weighted by atomic mass is 32.2. The summed E-state index contributed by atoms with van der Waals surface area (Å²) in [6, 6.07) is 22.4. The van der Waals surface area contributed by atoms with E-state index in [1.807, 2.05) is 35.7 Å². The number of carbonyl (C=O) groups is 3. The van der Waals surface area contributed by atoms with Crippen molar-refractivity contribution in [1.29, 1.82) is 0 Å². The second-order valence-corrected chi connectivity index (χ2v) is 17.7. The van der Waals surface area contributed by atoms with Crippen LogP contribution in [0.5, 0.6) is 5.75 Å². The van der Waals surface area contributed by atoms with Crippen LogP contribution in [0.1, 0.15) is 80.2 Å². The Morgan fingerprint density at radius 3 is 2.29 bits per heavy atom. The summed E-state index contributed by atoms with van der Waals surface area (Å²) in [5.74, 6) is -0.283. The van der Waals surface area contributed by atoms with E-state index in [0.29, 0.717) is 41.7 Å². The van der Waals surface area contributed by atoms with Crippen molar-refractivity contribution in [2.24, 2.45) is 17.3 Å². The van der Waals surface area contributed by atoms with E-state index >= 15 is 0 Å². The average molecular weight is 787 g/mol. The summed E-state index contributed by atoms with van der Waals surface area (Å²) >= 11 is 3.79. The molecule has 8 rings (SSSR count). The second kappa shape index (κ2) is 18.0. The number of carboxylic acids is 2. The summed E-state index contributed by atoms with van der Waals surface area (Å²) in [6.07, 6.45) is 11.3. The third kappa shape index (κ3) is 9.62. The highest BCUT2D eigenvalue weighted by molar-refractivity contribution is 7.99. The van der Waals surface area contributed by atoms with Crippen LogP contribution in [0.25, 0.3) is 0 Å². The summed E-state index contributed by atoms with van der Waals surface area (Å²) in [5.41, 5.74) is 5.96. The smallest absolute Gasteiger partial charge is 0.328 e. The first-order valence-corrected chi connectivity index (χ1v) is 21.4. The van der Waals surface area contributed by atoms with Gasteiger partial charge >= 0.3 is 17.9 Å². The van der Waals surface area contributed by atoms with Crippen molar-refractivity contribution in [3.8, 4) is 5.75 Å². The van der Waals surface area contributed by atoms with Gasteiger partial charge in [0.25, 0.3) is 0 Å². The van der Waals surface area contributed by atoms with E-state index in [-0.39, 0.29) is 17.5 Å². The summed E-state index contributed by atoms with van der Waals surface area (Å²) in [6.45, 7) is 8.55. The van der Waals surface area contributed by atoms with Crippen molar-refractivity contribution >= 4 is 41.4 Å². The number of aromatic hydroxyl groups is 1. The van der Waals surface area contributed by atoms with Crippen LogP contribution in [0.4, 0.5) is 0 Å². The Hall–Kier alpha value is -3.77. The van der Waals surface area contributed by atoms with Crippen LogP contribution < -0.4 is 0 Å². The van der Waals surface area contributed by atoms with E-state index in [2.05, 4.69) is 78.6 Å². The first-order chi connectivity index (χ1) is 26.4. The minimum Gasteiger partial charge on any atom is -0.508 e. The van der Waals surface area contributed by atoms with Gasteiger partial charge in [0.1, 0.15) is 11.9 Å². The molecule has 2 heterocycles. The van der Waals surface area contributed by atoms with Gasteiger partial charge in [0.2, 0.25) is 0 Å². The van der Waals surface area contributed by atoms with Crippen LogP contribution >= 0.6 is 23.5 Å². The van der Waals surface area contributed by atoms with Gasteiger partial charge in [-0.3, -0.25) is 9.69 Å². The Morgan fingerprint density at radius 2 is 1.60 bits per heavy atom. The van der Waals surface area contributed by atoms with Crippen molar-refractivity contribution in [3.05, 3.63) is 95.1 Å². The van der Waals surface area contributed by atoms with Gasteiger partial charge in [-0.1, -0.05) is 43.0 Å². The number of rotatable bonds is 5. The summed E-state index contributed by atoms with van der Waals surface area (Å²) in [4.78, 5) is 39.9. The number of benzene rings is 3. The number of fused-ring (bicyclic) bond motifs is 7. The van der Waals surface area contributed by atoms with Crippen LogP contribution in [0.3, 0.4) is 0 Å². The molecule has 2 aliphatic heterocycles. The largest absolute Gasteiger partial charge is 0.508 e. The number of phenolic OH excluding ortho intramolecular Hbond substituents is 1. The molecule has 2 saturated carbocycles. The molecule has 11 heteroatoms. The molecule has 0 aromatic heterocycles. The predicted octanol–water partition coefficient (Wildman–Crippen LogP) is 8.30. The number of nitrogens with zero attached hydrogens (tertiary/aromatic N) is 2. The van der Waals surface area contributed by atoms with E-state index in [1.54, 1.807) is 0 Å². The number of phenols is 1. The number of carboxylic acid groups (broad SMARTS) is 2. The van der Waals surface area contributed by atoms with Gasteiger partial charge in [0.05, 0.1) is 0 Å². The number of hydrogen-bond donors (Lipinski definition) is 3. The molecule has 0 spiro atoms. The molecule has 3 aromatic carbocycles. The number of likely N-dealkylation sites (N-methyl/N-ethyl adjacent to an activating group) is 1. The zero-order valence-electron chi connectivity index (χ0n) is 32.3. The SMILES string of the molecule is CC(=O)OC1CCC2C3CCc4cc(O)ccc4C3CCC12C.CSc1ccc2c(c1)C(N1CCN(C)CC1)Cc1ccccc1S2.O=C(O)C=CC(=O)O. The fourth-order valence-corrected chi connectivity index (χ4v) is 11.3. The summed E-state index contributed by atoms with van der Waals surface area (Å²) in [7, 11) is 2.23. The van der Waals surface area contributed by atoms with E-state index in [9.17, 15) is 19.5 Å². The molecule has 9 nitrogen and oxygen atoms in total. The Balaban J connectivity index is 0.000000157. The maximum atomic E-state index is 11.4. The lowest BCUT2D eigenvalue weighted by atomic mass is 9.55. The van der Waals surface area contributed by atoms with E-state index in [4.69, 9.17) is 14.9 Å². The fourth-order valence-electron chi connectivity index (χ4n) is 9.73. The highest BCUT2D eigenvalue weighted by Gasteiger charge is 2.56. The van der Waals surface area contributed by atoms with Crippen molar-refractivity contribution in [2.75, 3.05) is 39.5 Å². The van der Waals surface area contributed by atoms with Crippen LogP contribution in [0.2, 0.25) is 0 Å². The Bertz CT molecular complexity index is 1880. The van der Waals surface area contributed by atoms with Crippen molar-refractivity contribution in [2.45, 2.75) is 91.5 Å². The van der Waals surface area contributed by atoms with Crippen molar-refractivity contribution in [3.63, 3.8) is 0 Å². The molecule has 1 saturated heterocycles. The van der Waals surface area contributed by atoms with Crippen LogP contribution in [-0.4, -0.2) is 88.6 Å². The zero-order chi connectivity index (χ0) is 39.3. The molecule has 0 bridgehead atoms. The number of esters is 1. The molecule has 3 aromatic rings. The van der Waals surface area contributed by atoms with E-state index in [0.717, 1.165) is 38.8 Å². The fraction of sp³-hybridized carbons (Fsp3) is 0.477. The number of piperazine rings is 1. The number of hydrogen-bond acceptors (Lipinski definition) is 9. The van der Waals surface area contributed by atoms with E-state index in [1.165, 1.54) is 76.2 Å². The highest BCUT2D eigenvalue weighted by Crippen LogP contribution is 2.61. The molecule has 294 valence electrons. The third-order valence-corrected chi connectivity index (χ3v) is 14.4. The van der Waals surface area contributed by atoms with E-state index < -0.39 is 11.9 Å². The average Bonchev–Trinajstić information content (AvgIpc) is 3.39. The van der Waals surface area contributed by atoms with Gasteiger partial charge in [-0.15, -0.1) is 11.8 Å². The minimum atomic E-state index is -1.26. The first-order valence-electron chi connectivity index (χ1n) is 19.4. The Kier molecular flexibility index (Phi) is 13.4. The Morgan fingerprint density at radius 1 is 0.873 bits per heavy atom. The molecule has 6 atom stereocenters. The molecule has 55 heavy (non-hydrogen) atoms. The molecule has 3 aliphatic carbocycles. The number of ether oxygens (including phenoxy) is 1. The maximum absolute atomic E-state index is 11.4. The quantitative estimate of drug-likeness (QED) is 0.131. The van der Waals surface area contributed by atoms with Gasteiger partial charge in [0.15, 0.2) is 0 Å². The lowest BCUT2D eigenvalue weighted by Gasteiger charge is -2.50. The third-order valence-electron chi connectivity index (χ3n) is 12.5. The van der Waals surface area contributed by atoms with Crippen LogP contribution in [0, 0.1) is 17.3 Å². The molecule has 0 amide bonds. The molecule has 3 N–H and O–H groups in total. The van der Waals surface area contributed by atoms with Crippen LogP contribution in [-0.2, 0) is 32.0 Å². The number of aliphatic carboxylic acids is 2. The van der Waals surface area contributed by atoms with Gasteiger partial charge in [-0.25, -0.2) is 9.59 Å². The lowest BCUT2D eigenvalue weighted by Crippen LogP contribution is -2.46. The molecular weight excluding hydrogens is 733 g/mol. The monoisotopic (exact) mass is 786 g/mol. The van der Waals surface area contributed by atoms with Crippen molar-refractivity contribution in [1.82, 2.24) is 9.80 Å². The van der Waals surface area contributed by atoms with Gasteiger partial charge in [-0.05, 0) is 135 Å². The topological polar surface area (TPSA) is 128 Å². The molecule has 6 unspecified atom stereocenters. The van der Waals surface area contributed by atoms with Crippen LogP contribution in [0.15, 0.2) is 87.5 Å². The molecule has 3 fully saturated rings. The maximum Gasteiger partial charge on any atom is 0.328 e. The van der Waals surface area contributed by atoms with Gasteiger partial charge in [0, 0.05) is 71.4 Å².